The van der Waals surface area contributed by atoms with Crippen molar-refractivity contribution in [3.8, 4) is 0 Å². The predicted molar refractivity (Wildman–Crippen MR) is 66.1 cm³/mol. The average molecular weight is 234 g/mol. The zero-order valence-corrected chi connectivity index (χ0v) is 9.96. The molecule has 1 aliphatic rings. The van der Waals surface area contributed by atoms with Crippen LogP contribution in [0.1, 0.15) is 17.0 Å². The van der Waals surface area contributed by atoms with Crippen LogP contribution >= 0.6 is 11.3 Å². The summed E-state index contributed by atoms with van der Waals surface area (Å²) in [5, 5.41) is 2.71. The molecule has 1 atom stereocenters. The van der Waals surface area contributed by atoms with Crippen molar-refractivity contribution < 1.29 is 4.79 Å². The molecular formula is C12H14N2OS. The van der Waals surface area contributed by atoms with Crippen LogP contribution in [-0.4, -0.2) is 17.9 Å². The lowest BCUT2D eigenvalue weighted by atomic mass is 9.95. The lowest BCUT2D eigenvalue weighted by Crippen LogP contribution is -2.20. The first-order chi connectivity index (χ1) is 7.81. The number of allylic oxidation sites excluding steroid dienone is 3. The van der Waals surface area contributed by atoms with Crippen LogP contribution in [0.2, 0.25) is 0 Å². The third kappa shape index (κ3) is 2.39. The Bertz CT molecular complexity index is 434. The fraction of sp³-hybridized carbons (Fsp3) is 0.333. The van der Waals surface area contributed by atoms with Crippen LogP contribution in [0.25, 0.3) is 5.57 Å². The number of hydrogen-bond acceptors (Lipinski definition) is 3. The number of amides is 1. The molecule has 0 fully saturated rings. The van der Waals surface area contributed by atoms with Crippen LogP contribution in [-0.2, 0) is 4.79 Å². The zero-order chi connectivity index (χ0) is 11.4. The zero-order valence-electron chi connectivity index (χ0n) is 9.14. The van der Waals surface area contributed by atoms with E-state index in [0.29, 0.717) is 12.5 Å². The molecule has 0 aliphatic heterocycles. The molecule has 0 saturated carbocycles. The number of thiazole rings is 1. The highest BCUT2D eigenvalue weighted by atomic mass is 32.1. The standard InChI is InChI=1S/C12H14N2OS/c1-9-12(16-8-14-9)11-4-2-10(3-5-11)6-13-7-15/h2,4-5,7-8,10H,3,6H2,1H3,(H,13,15). The highest BCUT2D eigenvalue weighted by molar-refractivity contribution is 7.11. The van der Waals surface area contributed by atoms with E-state index in [9.17, 15) is 4.79 Å². The third-order valence-corrected chi connectivity index (χ3v) is 3.64. The molecule has 84 valence electrons. The van der Waals surface area contributed by atoms with E-state index in [0.717, 1.165) is 18.5 Å². The minimum atomic E-state index is 0.419. The third-order valence-electron chi connectivity index (χ3n) is 2.66. The van der Waals surface area contributed by atoms with E-state index >= 15 is 0 Å². The summed E-state index contributed by atoms with van der Waals surface area (Å²) >= 11 is 1.67. The lowest BCUT2D eigenvalue weighted by Gasteiger charge is -2.15. The average Bonchev–Trinajstić information content (AvgIpc) is 2.74. The molecule has 1 N–H and O–H groups in total. The first-order valence-corrected chi connectivity index (χ1v) is 6.15. The molecule has 1 amide bonds. The molecule has 1 unspecified atom stereocenters. The van der Waals surface area contributed by atoms with Gasteiger partial charge in [0.1, 0.15) is 0 Å². The van der Waals surface area contributed by atoms with Gasteiger partial charge in [-0.05, 0) is 24.8 Å². The van der Waals surface area contributed by atoms with E-state index in [-0.39, 0.29) is 0 Å². The first kappa shape index (κ1) is 11.1. The van der Waals surface area contributed by atoms with Crippen molar-refractivity contribution in [3.05, 3.63) is 34.3 Å². The van der Waals surface area contributed by atoms with Gasteiger partial charge in [-0.1, -0.05) is 18.2 Å². The molecule has 1 heterocycles. The quantitative estimate of drug-likeness (QED) is 0.811. The maximum Gasteiger partial charge on any atom is 0.207 e. The SMILES string of the molecule is Cc1ncsc1C1=CCC(CNC=O)C=C1. The highest BCUT2D eigenvalue weighted by Crippen LogP contribution is 2.28. The van der Waals surface area contributed by atoms with Crippen molar-refractivity contribution >= 4 is 23.3 Å². The number of rotatable bonds is 4. The molecule has 2 rings (SSSR count). The van der Waals surface area contributed by atoms with Gasteiger partial charge in [-0.15, -0.1) is 11.3 Å². The van der Waals surface area contributed by atoms with E-state index in [2.05, 4.69) is 28.5 Å². The molecule has 0 aromatic carbocycles. The molecule has 1 aromatic heterocycles. The Kier molecular flexibility index (Phi) is 3.51. The summed E-state index contributed by atoms with van der Waals surface area (Å²) < 4.78 is 0. The molecule has 0 saturated heterocycles. The molecule has 4 heteroatoms. The van der Waals surface area contributed by atoms with Gasteiger partial charge in [0.2, 0.25) is 6.41 Å². The number of aromatic nitrogens is 1. The number of hydrogen-bond donors (Lipinski definition) is 1. The van der Waals surface area contributed by atoms with Crippen LogP contribution in [0.4, 0.5) is 0 Å². The van der Waals surface area contributed by atoms with Crippen molar-refractivity contribution in [1.82, 2.24) is 10.3 Å². The van der Waals surface area contributed by atoms with Gasteiger partial charge in [-0.25, -0.2) is 4.98 Å². The van der Waals surface area contributed by atoms with Gasteiger partial charge >= 0.3 is 0 Å². The maximum absolute atomic E-state index is 10.2. The van der Waals surface area contributed by atoms with Gasteiger partial charge < -0.3 is 5.32 Å². The molecule has 1 aromatic rings. The topological polar surface area (TPSA) is 42.0 Å². The molecule has 3 nitrogen and oxygen atoms in total. The minimum Gasteiger partial charge on any atom is -0.358 e. The summed E-state index contributed by atoms with van der Waals surface area (Å²) in [6.07, 6.45) is 8.23. The minimum absolute atomic E-state index is 0.419. The molecule has 0 bridgehead atoms. The second-order valence-electron chi connectivity index (χ2n) is 3.81. The molecule has 0 radical (unpaired) electrons. The highest BCUT2D eigenvalue weighted by Gasteiger charge is 2.11. The molecular weight excluding hydrogens is 220 g/mol. The van der Waals surface area contributed by atoms with Gasteiger partial charge in [-0.3, -0.25) is 4.79 Å². The van der Waals surface area contributed by atoms with Gasteiger partial charge in [-0.2, -0.15) is 0 Å². The van der Waals surface area contributed by atoms with E-state index in [1.54, 1.807) is 11.3 Å². The number of nitrogens with zero attached hydrogens (tertiary/aromatic N) is 1. The van der Waals surface area contributed by atoms with Crippen LogP contribution in [0, 0.1) is 12.8 Å². The van der Waals surface area contributed by atoms with Crippen LogP contribution in [0.15, 0.2) is 23.7 Å². The second-order valence-corrected chi connectivity index (χ2v) is 4.66. The lowest BCUT2D eigenvalue weighted by molar-refractivity contribution is -0.109. The van der Waals surface area contributed by atoms with Crippen LogP contribution in [0.3, 0.4) is 0 Å². The number of aryl methyl sites for hydroxylation is 1. The van der Waals surface area contributed by atoms with Crippen molar-refractivity contribution in [3.63, 3.8) is 0 Å². The number of nitrogens with one attached hydrogen (secondary N) is 1. The van der Waals surface area contributed by atoms with Crippen molar-refractivity contribution in [2.75, 3.05) is 6.54 Å². The fourth-order valence-corrected chi connectivity index (χ4v) is 2.59. The maximum atomic E-state index is 10.2. The van der Waals surface area contributed by atoms with E-state index < -0.39 is 0 Å². The number of carbonyl (C=O) groups is 1. The van der Waals surface area contributed by atoms with Crippen LogP contribution < -0.4 is 5.32 Å². The number of carbonyl (C=O) groups excluding carboxylic acids is 1. The largest absolute Gasteiger partial charge is 0.358 e. The smallest absolute Gasteiger partial charge is 0.207 e. The Hall–Kier alpha value is -1.42. The van der Waals surface area contributed by atoms with Gasteiger partial charge in [0.05, 0.1) is 16.1 Å². The Balaban J connectivity index is 2.02. The van der Waals surface area contributed by atoms with E-state index in [1.165, 1.54) is 10.5 Å². The molecule has 16 heavy (non-hydrogen) atoms. The first-order valence-electron chi connectivity index (χ1n) is 5.27. The van der Waals surface area contributed by atoms with Crippen molar-refractivity contribution in [1.29, 1.82) is 0 Å². The summed E-state index contributed by atoms with van der Waals surface area (Å²) in [6.45, 7) is 2.74. The Morgan fingerprint density at radius 2 is 2.56 bits per heavy atom. The van der Waals surface area contributed by atoms with Gasteiger partial charge in [0, 0.05) is 6.54 Å². The van der Waals surface area contributed by atoms with E-state index in [1.807, 2.05) is 12.4 Å². The fourth-order valence-electron chi connectivity index (χ4n) is 1.76. The Labute approximate surface area is 98.9 Å². The molecule has 0 spiro atoms. The van der Waals surface area contributed by atoms with Gasteiger partial charge in [0.15, 0.2) is 0 Å². The molecule has 1 aliphatic carbocycles. The normalized spacial score (nSPS) is 19.3. The Morgan fingerprint density at radius 1 is 1.69 bits per heavy atom. The van der Waals surface area contributed by atoms with E-state index in [4.69, 9.17) is 0 Å². The second kappa shape index (κ2) is 5.07. The predicted octanol–water partition coefficient (Wildman–Crippen LogP) is 2.16. The summed E-state index contributed by atoms with van der Waals surface area (Å²) in [6, 6.07) is 0. The summed E-state index contributed by atoms with van der Waals surface area (Å²) in [5.41, 5.74) is 4.21. The Morgan fingerprint density at radius 3 is 3.12 bits per heavy atom. The summed E-state index contributed by atoms with van der Waals surface area (Å²) in [5.74, 6) is 0.419. The van der Waals surface area contributed by atoms with Crippen molar-refractivity contribution in [2.45, 2.75) is 13.3 Å². The summed E-state index contributed by atoms with van der Waals surface area (Å²) in [7, 11) is 0. The van der Waals surface area contributed by atoms with Crippen LogP contribution in [0.5, 0.6) is 0 Å². The monoisotopic (exact) mass is 234 g/mol. The summed E-state index contributed by atoms with van der Waals surface area (Å²) in [4.78, 5) is 15.7. The van der Waals surface area contributed by atoms with Crippen molar-refractivity contribution in [2.24, 2.45) is 5.92 Å². The van der Waals surface area contributed by atoms with Gasteiger partial charge in [0.25, 0.3) is 0 Å².